The molecule has 3 rings (SSSR count). The first kappa shape index (κ1) is 15.8. The van der Waals surface area contributed by atoms with Crippen LogP contribution in [0, 0.1) is 0 Å². The number of anilines is 3. The summed E-state index contributed by atoms with van der Waals surface area (Å²) in [4.78, 5) is 8.47. The topological polar surface area (TPSA) is 75.9 Å². The summed E-state index contributed by atoms with van der Waals surface area (Å²) in [6.45, 7) is 1.44. The monoisotopic (exact) mass is 319 g/mol. The minimum atomic E-state index is 0.543. The lowest BCUT2D eigenvalue weighted by molar-refractivity contribution is 0.998. The molecule has 3 aromatic rings. The summed E-state index contributed by atoms with van der Waals surface area (Å²) in [5.74, 6) is 1.31. The van der Waals surface area contributed by atoms with Gasteiger partial charge in [-0.1, -0.05) is 60.7 Å². The first-order chi connectivity index (χ1) is 11.8. The highest BCUT2D eigenvalue weighted by Crippen LogP contribution is 2.22. The van der Waals surface area contributed by atoms with Crippen LogP contribution in [0.15, 0.2) is 67.0 Å². The summed E-state index contributed by atoms with van der Waals surface area (Å²) in [6, 6.07) is 20.5. The maximum Gasteiger partial charge on any atom is 0.155 e. The maximum atomic E-state index is 6.18. The molecule has 0 aliphatic rings. The number of rotatable bonds is 7. The number of hydrogen-bond donors (Lipinski definition) is 3. The molecule has 0 amide bonds. The van der Waals surface area contributed by atoms with Gasteiger partial charge in [0.25, 0.3) is 0 Å². The van der Waals surface area contributed by atoms with Crippen molar-refractivity contribution in [3.63, 3.8) is 0 Å². The standard InChI is InChI=1S/C19H21N5/c20-17-18(21-12-11-15-7-3-1-4-8-15)23-14-24-19(17)22-13-16-9-5-2-6-10-16/h1-10,14H,11-13,20H2,(H2,21,22,23,24). The summed E-state index contributed by atoms with van der Waals surface area (Å²) in [5.41, 5.74) is 9.17. The van der Waals surface area contributed by atoms with Crippen molar-refractivity contribution in [3.05, 3.63) is 78.1 Å². The van der Waals surface area contributed by atoms with Crippen molar-refractivity contribution >= 4 is 17.3 Å². The Bertz CT molecular complexity index is 759. The van der Waals surface area contributed by atoms with E-state index in [-0.39, 0.29) is 0 Å². The number of nitrogens with zero attached hydrogens (tertiary/aromatic N) is 2. The molecule has 1 heterocycles. The SMILES string of the molecule is Nc1c(NCCc2ccccc2)ncnc1NCc1ccccc1. The Morgan fingerprint density at radius 1 is 0.750 bits per heavy atom. The van der Waals surface area contributed by atoms with Gasteiger partial charge in [0.15, 0.2) is 11.6 Å². The smallest absolute Gasteiger partial charge is 0.155 e. The molecular weight excluding hydrogens is 298 g/mol. The second-order valence-corrected chi connectivity index (χ2v) is 5.49. The van der Waals surface area contributed by atoms with Crippen molar-refractivity contribution in [2.24, 2.45) is 0 Å². The van der Waals surface area contributed by atoms with Gasteiger partial charge >= 0.3 is 0 Å². The first-order valence-electron chi connectivity index (χ1n) is 7.99. The van der Waals surface area contributed by atoms with Gasteiger partial charge in [0, 0.05) is 13.1 Å². The van der Waals surface area contributed by atoms with Gasteiger partial charge in [-0.15, -0.1) is 0 Å². The fourth-order valence-corrected chi connectivity index (χ4v) is 2.43. The number of nitrogens with two attached hydrogens (primary N) is 1. The van der Waals surface area contributed by atoms with Crippen LogP contribution in [0.2, 0.25) is 0 Å². The molecule has 0 unspecified atom stereocenters. The Morgan fingerprint density at radius 3 is 2.00 bits per heavy atom. The molecule has 0 spiro atoms. The zero-order chi connectivity index (χ0) is 16.6. The summed E-state index contributed by atoms with van der Waals surface area (Å²) in [7, 11) is 0. The molecule has 5 nitrogen and oxygen atoms in total. The van der Waals surface area contributed by atoms with Crippen LogP contribution in [-0.2, 0) is 13.0 Å². The van der Waals surface area contributed by atoms with Crippen LogP contribution in [0.1, 0.15) is 11.1 Å². The lowest BCUT2D eigenvalue weighted by atomic mass is 10.1. The molecule has 0 radical (unpaired) electrons. The van der Waals surface area contributed by atoms with E-state index >= 15 is 0 Å². The largest absolute Gasteiger partial charge is 0.393 e. The molecule has 0 aliphatic heterocycles. The third-order valence-electron chi connectivity index (χ3n) is 3.74. The van der Waals surface area contributed by atoms with E-state index in [9.17, 15) is 0 Å². The molecule has 0 atom stereocenters. The van der Waals surface area contributed by atoms with Gasteiger partial charge in [-0.25, -0.2) is 9.97 Å². The average molecular weight is 319 g/mol. The third-order valence-corrected chi connectivity index (χ3v) is 3.74. The van der Waals surface area contributed by atoms with E-state index in [0.29, 0.717) is 23.9 Å². The van der Waals surface area contributed by atoms with E-state index < -0.39 is 0 Å². The Kier molecular flexibility index (Phi) is 5.24. The van der Waals surface area contributed by atoms with E-state index in [1.54, 1.807) is 0 Å². The van der Waals surface area contributed by atoms with Gasteiger partial charge in [0.2, 0.25) is 0 Å². The highest BCUT2D eigenvalue weighted by atomic mass is 15.1. The Hall–Kier alpha value is -3.08. The van der Waals surface area contributed by atoms with Crippen LogP contribution in [0.3, 0.4) is 0 Å². The van der Waals surface area contributed by atoms with Crippen LogP contribution in [0.4, 0.5) is 17.3 Å². The van der Waals surface area contributed by atoms with Crippen LogP contribution in [-0.4, -0.2) is 16.5 Å². The van der Waals surface area contributed by atoms with E-state index in [1.165, 1.54) is 17.5 Å². The summed E-state index contributed by atoms with van der Waals surface area (Å²) >= 11 is 0. The molecule has 1 aromatic heterocycles. The summed E-state index contributed by atoms with van der Waals surface area (Å²) in [6.07, 6.45) is 2.44. The van der Waals surface area contributed by atoms with Crippen LogP contribution >= 0.6 is 0 Å². The van der Waals surface area contributed by atoms with Crippen molar-refractivity contribution in [1.82, 2.24) is 9.97 Å². The van der Waals surface area contributed by atoms with E-state index in [4.69, 9.17) is 5.73 Å². The quantitative estimate of drug-likeness (QED) is 0.623. The number of hydrogen-bond acceptors (Lipinski definition) is 5. The second kappa shape index (κ2) is 7.97. The van der Waals surface area contributed by atoms with E-state index in [2.05, 4.69) is 44.9 Å². The highest BCUT2D eigenvalue weighted by Gasteiger charge is 2.07. The van der Waals surface area contributed by atoms with Crippen LogP contribution in [0.25, 0.3) is 0 Å². The van der Waals surface area contributed by atoms with Crippen molar-refractivity contribution < 1.29 is 0 Å². The maximum absolute atomic E-state index is 6.18. The molecule has 0 aliphatic carbocycles. The number of benzene rings is 2. The summed E-state index contributed by atoms with van der Waals surface area (Å²) < 4.78 is 0. The predicted molar refractivity (Wildman–Crippen MR) is 98.8 cm³/mol. The van der Waals surface area contributed by atoms with Crippen molar-refractivity contribution in [2.75, 3.05) is 22.9 Å². The van der Waals surface area contributed by atoms with Gasteiger partial charge in [0.1, 0.15) is 12.0 Å². The fourth-order valence-electron chi connectivity index (χ4n) is 2.43. The van der Waals surface area contributed by atoms with E-state index in [1.807, 2.05) is 36.4 Å². The molecule has 122 valence electrons. The fraction of sp³-hybridized carbons (Fsp3) is 0.158. The molecule has 4 N–H and O–H groups in total. The molecule has 0 saturated heterocycles. The second-order valence-electron chi connectivity index (χ2n) is 5.49. The molecule has 0 fully saturated rings. The van der Waals surface area contributed by atoms with Gasteiger partial charge < -0.3 is 16.4 Å². The zero-order valence-electron chi connectivity index (χ0n) is 13.4. The number of aromatic nitrogens is 2. The molecule has 0 saturated carbocycles. The van der Waals surface area contributed by atoms with Crippen LogP contribution in [0.5, 0.6) is 0 Å². The normalized spacial score (nSPS) is 10.3. The number of nitrogens with one attached hydrogen (secondary N) is 2. The molecule has 2 aromatic carbocycles. The highest BCUT2D eigenvalue weighted by molar-refractivity contribution is 5.73. The third kappa shape index (κ3) is 4.23. The Labute approximate surface area is 142 Å². The minimum absolute atomic E-state index is 0.543. The molecule has 24 heavy (non-hydrogen) atoms. The lowest BCUT2D eigenvalue weighted by Gasteiger charge is -2.12. The van der Waals surface area contributed by atoms with Gasteiger partial charge in [-0.3, -0.25) is 0 Å². The Balaban J connectivity index is 1.58. The number of nitrogen functional groups attached to an aromatic ring is 1. The summed E-state index contributed by atoms with van der Waals surface area (Å²) in [5, 5.41) is 6.55. The Morgan fingerprint density at radius 2 is 1.33 bits per heavy atom. The first-order valence-corrected chi connectivity index (χ1v) is 7.99. The van der Waals surface area contributed by atoms with Gasteiger partial charge in [-0.05, 0) is 17.5 Å². The molecular formula is C19H21N5. The molecule has 5 heteroatoms. The molecule has 0 bridgehead atoms. The van der Waals surface area contributed by atoms with E-state index in [0.717, 1.165) is 13.0 Å². The zero-order valence-corrected chi connectivity index (χ0v) is 13.4. The van der Waals surface area contributed by atoms with Crippen LogP contribution < -0.4 is 16.4 Å². The van der Waals surface area contributed by atoms with Gasteiger partial charge in [0.05, 0.1) is 0 Å². The van der Waals surface area contributed by atoms with Crippen molar-refractivity contribution in [3.8, 4) is 0 Å². The predicted octanol–water partition coefficient (Wildman–Crippen LogP) is 3.33. The average Bonchev–Trinajstić information content (AvgIpc) is 2.64. The van der Waals surface area contributed by atoms with Gasteiger partial charge in [-0.2, -0.15) is 0 Å². The minimum Gasteiger partial charge on any atom is -0.393 e. The van der Waals surface area contributed by atoms with Crippen molar-refractivity contribution in [2.45, 2.75) is 13.0 Å². The lowest BCUT2D eigenvalue weighted by Crippen LogP contribution is -2.11. The van der Waals surface area contributed by atoms with Crippen molar-refractivity contribution in [1.29, 1.82) is 0 Å².